The minimum absolute atomic E-state index is 0.272. The van der Waals surface area contributed by atoms with E-state index in [2.05, 4.69) is 5.32 Å². The van der Waals surface area contributed by atoms with Gasteiger partial charge in [-0.15, -0.1) is 0 Å². The molecule has 0 radical (unpaired) electrons. The number of aliphatic hydroxyl groups excluding tert-OH is 1. The van der Waals surface area contributed by atoms with E-state index in [1.54, 1.807) is 0 Å². The Morgan fingerprint density at radius 3 is 2.83 bits per heavy atom. The molecule has 2 rings (SSSR count). The molecule has 18 heavy (non-hydrogen) atoms. The molecule has 0 spiro atoms. The Bertz CT molecular complexity index is 384. The predicted molar refractivity (Wildman–Crippen MR) is 68.8 cm³/mol. The number of rotatable bonds is 5. The fourth-order valence-electron chi connectivity index (χ4n) is 1.78. The fourth-order valence-corrected chi connectivity index (χ4v) is 1.78. The highest BCUT2D eigenvalue weighted by atomic mass is 16.5. The van der Waals surface area contributed by atoms with E-state index in [0.29, 0.717) is 26.3 Å². The molecule has 4 N–H and O–H groups in total. The lowest BCUT2D eigenvalue weighted by atomic mass is 10.2. The molecule has 0 saturated carbocycles. The first-order valence-corrected chi connectivity index (χ1v) is 6.27. The standard InChI is InChI=1S/C13H20N2O3/c14-7-11(16)9-15-8-10-2-3-12-13(6-10)18-5-1-4-17-12/h2-3,6,11,15-16H,1,4-5,7-9,14H2. The fraction of sp³-hybridized carbons (Fsp3) is 0.538. The summed E-state index contributed by atoms with van der Waals surface area (Å²) in [6.07, 6.45) is 0.413. The van der Waals surface area contributed by atoms with Gasteiger partial charge in [-0.1, -0.05) is 6.07 Å². The zero-order chi connectivity index (χ0) is 12.8. The highest BCUT2D eigenvalue weighted by Gasteiger charge is 2.10. The second kappa shape index (κ2) is 6.58. The molecule has 5 heteroatoms. The van der Waals surface area contributed by atoms with Gasteiger partial charge in [0.05, 0.1) is 19.3 Å². The monoisotopic (exact) mass is 252 g/mol. The van der Waals surface area contributed by atoms with Gasteiger partial charge in [-0.2, -0.15) is 0 Å². The third-order valence-electron chi connectivity index (χ3n) is 2.79. The van der Waals surface area contributed by atoms with E-state index in [-0.39, 0.29) is 6.54 Å². The van der Waals surface area contributed by atoms with Gasteiger partial charge in [0.15, 0.2) is 11.5 Å². The van der Waals surface area contributed by atoms with Gasteiger partial charge in [-0.25, -0.2) is 0 Å². The summed E-state index contributed by atoms with van der Waals surface area (Å²) in [5, 5.41) is 12.5. The highest BCUT2D eigenvalue weighted by molar-refractivity contribution is 5.43. The summed E-state index contributed by atoms with van der Waals surface area (Å²) in [7, 11) is 0. The summed E-state index contributed by atoms with van der Waals surface area (Å²) in [6.45, 7) is 2.83. The summed E-state index contributed by atoms with van der Waals surface area (Å²) < 4.78 is 11.2. The van der Waals surface area contributed by atoms with Crippen LogP contribution in [0.2, 0.25) is 0 Å². The quantitative estimate of drug-likeness (QED) is 0.700. The van der Waals surface area contributed by atoms with E-state index < -0.39 is 6.10 Å². The van der Waals surface area contributed by atoms with Crippen LogP contribution in [0.4, 0.5) is 0 Å². The molecule has 0 aliphatic carbocycles. The Labute approximate surface area is 107 Å². The van der Waals surface area contributed by atoms with Crippen LogP contribution < -0.4 is 20.5 Å². The van der Waals surface area contributed by atoms with Crippen LogP contribution in [0.3, 0.4) is 0 Å². The van der Waals surface area contributed by atoms with Crippen molar-refractivity contribution in [1.29, 1.82) is 0 Å². The largest absolute Gasteiger partial charge is 0.490 e. The zero-order valence-corrected chi connectivity index (χ0v) is 10.4. The van der Waals surface area contributed by atoms with E-state index in [0.717, 1.165) is 23.5 Å². The van der Waals surface area contributed by atoms with E-state index in [1.165, 1.54) is 0 Å². The van der Waals surface area contributed by atoms with Crippen LogP contribution in [0.15, 0.2) is 18.2 Å². The van der Waals surface area contributed by atoms with Crippen molar-refractivity contribution in [3.05, 3.63) is 23.8 Å². The molecule has 0 aromatic heterocycles. The minimum Gasteiger partial charge on any atom is -0.490 e. The number of aliphatic hydroxyl groups is 1. The van der Waals surface area contributed by atoms with Crippen molar-refractivity contribution < 1.29 is 14.6 Å². The Balaban J connectivity index is 1.91. The van der Waals surface area contributed by atoms with Crippen LogP contribution in [0.1, 0.15) is 12.0 Å². The van der Waals surface area contributed by atoms with E-state index in [1.807, 2.05) is 18.2 Å². The van der Waals surface area contributed by atoms with Gasteiger partial charge in [-0.05, 0) is 17.7 Å². The number of nitrogens with two attached hydrogens (primary N) is 1. The molecule has 1 unspecified atom stereocenters. The number of fused-ring (bicyclic) bond motifs is 1. The number of hydrogen-bond donors (Lipinski definition) is 3. The van der Waals surface area contributed by atoms with Gasteiger partial charge in [0.1, 0.15) is 0 Å². The first kappa shape index (κ1) is 13.1. The molecule has 0 amide bonds. The zero-order valence-electron chi connectivity index (χ0n) is 10.4. The van der Waals surface area contributed by atoms with E-state index in [9.17, 15) is 5.11 Å². The number of ether oxygens (including phenoxy) is 2. The first-order chi connectivity index (χ1) is 8.79. The number of hydrogen-bond acceptors (Lipinski definition) is 5. The normalized spacial score (nSPS) is 16.1. The van der Waals surface area contributed by atoms with Crippen LogP contribution >= 0.6 is 0 Å². The molecule has 1 aromatic rings. The summed E-state index contributed by atoms with van der Waals surface area (Å²) in [5.74, 6) is 1.60. The maximum atomic E-state index is 9.33. The number of nitrogens with one attached hydrogen (secondary N) is 1. The lowest BCUT2D eigenvalue weighted by Crippen LogP contribution is -2.32. The van der Waals surface area contributed by atoms with Crippen molar-refractivity contribution in [3.8, 4) is 11.5 Å². The van der Waals surface area contributed by atoms with Crippen LogP contribution in [0.25, 0.3) is 0 Å². The number of benzene rings is 1. The molecular weight excluding hydrogens is 232 g/mol. The van der Waals surface area contributed by atoms with Gasteiger partial charge in [-0.3, -0.25) is 0 Å². The van der Waals surface area contributed by atoms with Crippen molar-refractivity contribution in [2.45, 2.75) is 19.1 Å². The molecule has 100 valence electrons. The Hall–Kier alpha value is -1.30. The Kier molecular flexibility index (Phi) is 4.81. The molecule has 0 saturated heterocycles. The lowest BCUT2D eigenvalue weighted by molar-refractivity contribution is 0.179. The average molecular weight is 252 g/mol. The van der Waals surface area contributed by atoms with Crippen LogP contribution in [-0.2, 0) is 6.54 Å². The summed E-state index contributed by atoms with van der Waals surface area (Å²) in [6, 6.07) is 5.90. The van der Waals surface area contributed by atoms with Crippen LogP contribution in [0.5, 0.6) is 11.5 Å². The molecule has 0 fully saturated rings. The highest BCUT2D eigenvalue weighted by Crippen LogP contribution is 2.30. The second-order valence-corrected chi connectivity index (χ2v) is 4.35. The summed E-state index contributed by atoms with van der Waals surface area (Å²) in [5.41, 5.74) is 6.43. The molecule has 1 heterocycles. The van der Waals surface area contributed by atoms with Crippen LogP contribution in [0, 0.1) is 0 Å². The van der Waals surface area contributed by atoms with Gasteiger partial charge >= 0.3 is 0 Å². The van der Waals surface area contributed by atoms with Gasteiger partial charge in [0, 0.05) is 26.1 Å². The first-order valence-electron chi connectivity index (χ1n) is 6.27. The van der Waals surface area contributed by atoms with Crippen LogP contribution in [-0.4, -0.2) is 37.5 Å². The SMILES string of the molecule is NCC(O)CNCc1ccc2c(c1)OCCCO2. The molecule has 1 aliphatic rings. The topological polar surface area (TPSA) is 76.7 Å². The maximum absolute atomic E-state index is 9.33. The van der Waals surface area contributed by atoms with Gasteiger partial charge in [0.25, 0.3) is 0 Å². The third-order valence-corrected chi connectivity index (χ3v) is 2.79. The maximum Gasteiger partial charge on any atom is 0.161 e. The Morgan fingerprint density at radius 1 is 1.28 bits per heavy atom. The minimum atomic E-state index is -0.495. The van der Waals surface area contributed by atoms with Crippen molar-refractivity contribution in [2.75, 3.05) is 26.3 Å². The second-order valence-electron chi connectivity index (χ2n) is 4.35. The van der Waals surface area contributed by atoms with Gasteiger partial charge < -0.3 is 25.6 Å². The Morgan fingerprint density at radius 2 is 2.06 bits per heavy atom. The third kappa shape index (κ3) is 3.60. The van der Waals surface area contributed by atoms with E-state index >= 15 is 0 Å². The molecule has 1 atom stereocenters. The smallest absolute Gasteiger partial charge is 0.161 e. The van der Waals surface area contributed by atoms with Crippen molar-refractivity contribution in [3.63, 3.8) is 0 Å². The molecule has 1 aliphatic heterocycles. The van der Waals surface area contributed by atoms with Crippen molar-refractivity contribution in [2.24, 2.45) is 5.73 Å². The summed E-state index contributed by atoms with van der Waals surface area (Å²) >= 11 is 0. The summed E-state index contributed by atoms with van der Waals surface area (Å²) in [4.78, 5) is 0. The predicted octanol–water partition coefficient (Wildman–Crippen LogP) is 0.257. The van der Waals surface area contributed by atoms with Crippen molar-refractivity contribution >= 4 is 0 Å². The molecule has 1 aromatic carbocycles. The molecule has 5 nitrogen and oxygen atoms in total. The molecule has 0 bridgehead atoms. The van der Waals surface area contributed by atoms with E-state index in [4.69, 9.17) is 15.2 Å². The van der Waals surface area contributed by atoms with Gasteiger partial charge in [0.2, 0.25) is 0 Å². The lowest BCUT2D eigenvalue weighted by Gasteiger charge is -2.11. The molecular formula is C13H20N2O3. The van der Waals surface area contributed by atoms with Crippen molar-refractivity contribution in [1.82, 2.24) is 5.32 Å². The average Bonchev–Trinajstić information content (AvgIpc) is 2.63.